The molecule has 3 aromatic carbocycles. The van der Waals surface area contributed by atoms with Crippen molar-refractivity contribution in [2.45, 2.75) is 13.1 Å². The molecule has 0 atom stereocenters. The molecular formula is C21H14F3NS. The molecular weight excluding hydrogens is 355 g/mol. The van der Waals surface area contributed by atoms with Gasteiger partial charge in [0, 0.05) is 5.56 Å². The number of rotatable bonds is 2. The Labute approximate surface area is 152 Å². The van der Waals surface area contributed by atoms with E-state index in [0.29, 0.717) is 11.1 Å². The van der Waals surface area contributed by atoms with Gasteiger partial charge in [-0.25, -0.2) is 4.98 Å². The van der Waals surface area contributed by atoms with Gasteiger partial charge >= 0.3 is 6.18 Å². The maximum Gasteiger partial charge on any atom is 0.417 e. The predicted molar refractivity (Wildman–Crippen MR) is 100 cm³/mol. The first-order valence-corrected chi connectivity index (χ1v) is 8.88. The number of thiazole rings is 1. The van der Waals surface area contributed by atoms with Crippen molar-refractivity contribution in [2.75, 3.05) is 0 Å². The van der Waals surface area contributed by atoms with Crippen LogP contribution in [0.5, 0.6) is 0 Å². The van der Waals surface area contributed by atoms with Gasteiger partial charge in [-0.05, 0) is 41.8 Å². The Kier molecular flexibility index (Phi) is 4.04. The monoisotopic (exact) mass is 369 g/mol. The van der Waals surface area contributed by atoms with Crippen LogP contribution >= 0.6 is 11.3 Å². The van der Waals surface area contributed by atoms with E-state index in [-0.39, 0.29) is 5.56 Å². The molecule has 5 heteroatoms. The van der Waals surface area contributed by atoms with Crippen molar-refractivity contribution in [3.63, 3.8) is 0 Å². The molecule has 4 aromatic rings. The number of alkyl halides is 3. The minimum Gasteiger partial charge on any atom is -0.241 e. The van der Waals surface area contributed by atoms with Crippen LogP contribution in [0.1, 0.15) is 10.6 Å². The first kappa shape index (κ1) is 16.8. The highest BCUT2D eigenvalue weighted by molar-refractivity contribution is 7.18. The second kappa shape index (κ2) is 6.25. The Balaban J connectivity index is 1.99. The van der Waals surface area contributed by atoms with Crippen LogP contribution in [-0.4, -0.2) is 4.98 Å². The highest BCUT2D eigenvalue weighted by atomic mass is 32.1. The van der Waals surface area contributed by atoms with Crippen molar-refractivity contribution >= 4 is 21.6 Å². The molecule has 0 aliphatic carbocycles. The lowest BCUT2D eigenvalue weighted by molar-refractivity contribution is -0.137. The Morgan fingerprint density at radius 2 is 1.50 bits per heavy atom. The topological polar surface area (TPSA) is 12.9 Å². The lowest BCUT2D eigenvalue weighted by Gasteiger charge is -2.14. The van der Waals surface area contributed by atoms with Crippen molar-refractivity contribution in [1.29, 1.82) is 0 Å². The molecule has 130 valence electrons. The summed E-state index contributed by atoms with van der Waals surface area (Å²) >= 11 is 1.40. The summed E-state index contributed by atoms with van der Waals surface area (Å²) in [6.45, 7) is 1.81. The maximum absolute atomic E-state index is 13.7. The molecule has 0 spiro atoms. The molecule has 4 rings (SSSR count). The van der Waals surface area contributed by atoms with E-state index in [2.05, 4.69) is 4.98 Å². The van der Waals surface area contributed by atoms with Crippen LogP contribution in [0, 0.1) is 6.92 Å². The molecule has 26 heavy (non-hydrogen) atoms. The summed E-state index contributed by atoms with van der Waals surface area (Å²) in [5.41, 5.74) is 2.27. The minimum atomic E-state index is -4.44. The van der Waals surface area contributed by atoms with Gasteiger partial charge in [0.15, 0.2) is 0 Å². The molecule has 0 aliphatic rings. The molecule has 0 fully saturated rings. The molecule has 0 N–H and O–H groups in total. The normalized spacial score (nSPS) is 11.8. The van der Waals surface area contributed by atoms with Gasteiger partial charge < -0.3 is 0 Å². The molecule has 0 amide bonds. The summed E-state index contributed by atoms with van der Waals surface area (Å²) in [4.78, 5) is 4.38. The van der Waals surface area contributed by atoms with E-state index in [4.69, 9.17) is 0 Å². The van der Waals surface area contributed by atoms with Crippen LogP contribution in [0.4, 0.5) is 13.2 Å². The van der Waals surface area contributed by atoms with Gasteiger partial charge in [0.25, 0.3) is 0 Å². The second-order valence-corrected chi connectivity index (χ2v) is 7.25. The molecule has 1 nitrogen and oxygen atoms in total. The summed E-state index contributed by atoms with van der Waals surface area (Å²) in [5.74, 6) is 0. The zero-order chi connectivity index (χ0) is 18.3. The van der Waals surface area contributed by atoms with Gasteiger partial charge in [0.05, 0.1) is 20.8 Å². The fourth-order valence-corrected chi connectivity index (χ4v) is 3.95. The second-order valence-electron chi connectivity index (χ2n) is 6.01. The summed E-state index contributed by atoms with van der Waals surface area (Å²) in [6, 6.07) is 19.5. The van der Waals surface area contributed by atoms with Crippen LogP contribution in [0.3, 0.4) is 0 Å². The number of aromatic nitrogens is 1. The molecule has 0 saturated heterocycles. The van der Waals surface area contributed by atoms with E-state index in [1.54, 1.807) is 18.2 Å². The Hall–Kier alpha value is -2.66. The number of benzene rings is 3. The lowest BCUT2D eigenvalue weighted by Crippen LogP contribution is -2.07. The Bertz CT molecular complexity index is 1080. The van der Waals surface area contributed by atoms with E-state index < -0.39 is 11.7 Å². The third kappa shape index (κ3) is 2.99. The van der Waals surface area contributed by atoms with Gasteiger partial charge in [-0.1, -0.05) is 48.5 Å². The largest absolute Gasteiger partial charge is 0.417 e. The number of aryl methyl sites for hydroxylation is 1. The van der Waals surface area contributed by atoms with E-state index >= 15 is 0 Å². The van der Waals surface area contributed by atoms with Crippen molar-refractivity contribution in [1.82, 2.24) is 4.98 Å². The molecule has 0 radical (unpaired) electrons. The molecule has 1 aromatic heterocycles. The first-order valence-electron chi connectivity index (χ1n) is 8.07. The zero-order valence-electron chi connectivity index (χ0n) is 13.8. The van der Waals surface area contributed by atoms with E-state index in [1.807, 2.05) is 43.3 Å². The summed E-state index contributed by atoms with van der Waals surface area (Å²) in [5, 5.41) is 0.750. The number of fused-ring (bicyclic) bond motifs is 1. The highest BCUT2D eigenvalue weighted by Gasteiger charge is 2.35. The van der Waals surface area contributed by atoms with Gasteiger partial charge in [0.2, 0.25) is 0 Å². The quantitative estimate of drug-likeness (QED) is 0.372. The Morgan fingerprint density at radius 1 is 0.808 bits per heavy atom. The van der Waals surface area contributed by atoms with Gasteiger partial charge in [-0.15, -0.1) is 11.3 Å². The third-order valence-corrected chi connectivity index (χ3v) is 5.17. The fourth-order valence-electron chi connectivity index (χ4n) is 3.12. The average molecular weight is 369 g/mol. The highest BCUT2D eigenvalue weighted by Crippen LogP contribution is 2.42. The number of hydrogen-bond acceptors (Lipinski definition) is 2. The van der Waals surface area contributed by atoms with Gasteiger partial charge in [-0.2, -0.15) is 13.2 Å². The van der Waals surface area contributed by atoms with Crippen LogP contribution in [-0.2, 0) is 6.18 Å². The van der Waals surface area contributed by atoms with Crippen molar-refractivity contribution < 1.29 is 13.2 Å². The van der Waals surface area contributed by atoms with Crippen molar-refractivity contribution in [3.05, 3.63) is 77.3 Å². The predicted octanol–water partition coefficient (Wildman–Crippen LogP) is 6.96. The molecule has 0 unspecified atom stereocenters. The van der Waals surface area contributed by atoms with Crippen molar-refractivity contribution in [2.24, 2.45) is 0 Å². The fraction of sp³-hybridized carbons (Fsp3) is 0.0952. The Morgan fingerprint density at radius 3 is 2.23 bits per heavy atom. The van der Waals surface area contributed by atoms with Crippen molar-refractivity contribution in [3.8, 4) is 22.3 Å². The summed E-state index contributed by atoms with van der Waals surface area (Å²) < 4.78 is 41.8. The standard InChI is InChI=1S/C21H14F3NS/c1-13-25-20-18(26-13)11-10-17(21(22,23)24)19(20)16-9-5-8-15(12-16)14-6-3-2-4-7-14/h2-12H,1H3. The number of hydrogen-bond donors (Lipinski definition) is 0. The van der Waals surface area contributed by atoms with E-state index in [9.17, 15) is 13.2 Å². The van der Waals surface area contributed by atoms with E-state index in [1.165, 1.54) is 17.4 Å². The number of nitrogens with zero attached hydrogens (tertiary/aromatic N) is 1. The minimum absolute atomic E-state index is 0.150. The third-order valence-electron chi connectivity index (χ3n) is 4.23. The van der Waals surface area contributed by atoms with Crippen LogP contribution in [0.2, 0.25) is 0 Å². The van der Waals surface area contributed by atoms with Crippen LogP contribution in [0.25, 0.3) is 32.5 Å². The van der Waals surface area contributed by atoms with Crippen LogP contribution in [0.15, 0.2) is 66.7 Å². The molecule has 0 saturated carbocycles. The lowest BCUT2D eigenvalue weighted by atomic mass is 9.95. The maximum atomic E-state index is 13.7. The zero-order valence-corrected chi connectivity index (χ0v) is 14.7. The van der Waals surface area contributed by atoms with Crippen LogP contribution < -0.4 is 0 Å². The first-order chi connectivity index (χ1) is 12.4. The average Bonchev–Trinajstić information content (AvgIpc) is 3.01. The van der Waals surface area contributed by atoms with Gasteiger partial charge in [-0.3, -0.25) is 0 Å². The summed E-state index contributed by atoms with van der Waals surface area (Å²) in [7, 11) is 0. The molecule has 1 heterocycles. The number of halogens is 3. The summed E-state index contributed by atoms with van der Waals surface area (Å²) in [6.07, 6.45) is -4.44. The molecule has 0 bridgehead atoms. The van der Waals surface area contributed by atoms with Gasteiger partial charge in [0.1, 0.15) is 0 Å². The molecule has 0 aliphatic heterocycles. The smallest absolute Gasteiger partial charge is 0.241 e. The van der Waals surface area contributed by atoms with E-state index in [0.717, 1.165) is 26.9 Å². The SMILES string of the molecule is Cc1nc2c(-c3cccc(-c4ccccc4)c3)c(C(F)(F)F)ccc2s1.